The molecular formula is C32H46O. The zero-order valence-electron chi connectivity index (χ0n) is 21.4. The summed E-state index contributed by atoms with van der Waals surface area (Å²) in [5.74, 6) is 3.95. The molecule has 3 rings (SSSR count). The Kier molecular flexibility index (Phi) is 10.6. The van der Waals surface area contributed by atoms with Gasteiger partial charge in [-0.15, -0.1) is 6.58 Å². The molecular weight excluding hydrogens is 400 g/mol. The van der Waals surface area contributed by atoms with Crippen molar-refractivity contribution in [3.63, 3.8) is 0 Å². The molecule has 2 atom stereocenters. The molecule has 0 saturated heterocycles. The number of allylic oxidation sites excluding steroid dienone is 1. The van der Waals surface area contributed by atoms with Crippen LogP contribution in [0.25, 0.3) is 11.1 Å². The molecule has 0 amide bonds. The van der Waals surface area contributed by atoms with Crippen molar-refractivity contribution < 1.29 is 4.74 Å². The standard InChI is InChI=1S/C32H46O/c1-5-8-9-11-26-12-14-29(15-13-26)32(10-6-2)30-18-16-27(17-19-30)28-20-22-31(23-21-28)33-24-25(4)7-3/h6,16-23,25-26,29,32H,2,5,7-15,24H2,1,3-4H3/t25?,26-,29-,32?. The molecule has 2 unspecified atom stereocenters. The van der Waals surface area contributed by atoms with E-state index in [1.165, 1.54) is 68.1 Å². The summed E-state index contributed by atoms with van der Waals surface area (Å²) in [5, 5.41) is 0. The van der Waals surface area contributed by atoms with Gasteiger partial charge in [-0.25, -0.2) is 0 Å². The molecule has 0 radical (unpaired) electrons. The third-order valence-corrected chi connectivity index (χ3v) is 7.85. The van der Waals surface area contributed by atoms with Crippen molar-refractivity contribution in [1.82, 2.24) is 0 Å². The van der Waals surface area contributed by atoms with Crippen LogP contribution in [-0.4, -0.2) is 6.61 Å². The van der Waals surface area contributed by atoms with Gasteiger partial charge in [0, 0.05) is 0 Å². The van der Waals surface area contributed by atoms with Crippen LogP contribution in [0.2, 0.25) is 0 Å². The minimum absolute atomic E-state index is 0.594. The summed E-state index contributed by atoms with van der Waals surface area (Å²) in [6.45, 7) is 11.6. The van der Waals surface area contributed by atoms with E-state index in [9.17, 15) is 0 Å². The smallest absolute Gasteiger partial charge is 0.119 e. The third kappa shape index (κ3) is 7.76. The van der Waals surface area contributed by atoms with Crippen molar-refractivity contribution in [3.8, 4) is 16.9 Å². The number of rotatable bonds is 13. The normalized spacial score (nSPS) is 20.2. The van der Waals surface area contributed by atoms with Crippen molar-refractivity contribution >= 4 is 0 Å². The lowest BCUT2D eigenvalue weighted by Crippen LogP contribution is -2.20. The predicted molar refractivity (Wildman–Crippen MR) is 144 cm³/mol. The van der Waals surface area contributed by atoms with Crippen LogP contribution in [0, 0.1) is 17.8 Å². The van der Waals surface area contributed by atoms with E-state index in [1.54, 1.807) is 0 Å². The van der Waals surface area contributed by atoms with Crippen LogP contribution in [0.5, 0.6) is 5.75 Å². The summed E-state index contributed by atoms with van der Waals surface area (Å²) < 4.78 is 5.92. The second-order valence-corrected chi connectivity index (χ2v) is 10.4. The quantitative estimate of drug-likeness (QED) is 0.220. The first-order valence-electron chi connectivity index (χ1n) is 13.6. The lowest BCUT2D eigenvalue weighted by molar-refractivity contribution is 0.230. The lowest BCUT2D eigenvalue weighted by atomic mass is 9.71. The van der Waals surface area contributed by atoms with Gasteiger partial charge in [0.05, 0.1) is 6.61 Å². The summed E-state index contributed by atoms with van der Waals surface area (Å²) in [6.07, 6.45) is 15.6. The summed E-state index contributed by atoms with van der Waals surface area (Å²) in [6, 6.07) is 17.9. The number of ether oxygens (including phenoxy) is 1. The Morgan fingerprint density at radius 1 is 0.909 bits per heavy atom. The minimum atomic E-state index is 0.594. The molecule has 0 spiro atoms. The maximum absolute atomic E-state index is 5.92. The van der Waals surface area contributed by atoms with Gasteiger partial charge in [0.25, 0.3) is 0 Å². The van der Waals surface area contributed by atoms with Gasteiger partial charge in [0.1, 0.15) is 5.75 Å². The van der Waals surface area contributed by atoms with Crippen LogP contribution in [0.3, 0.4) is 0 Å². The number of hydrogen-bond acceptors (Lipinski definition) is 1. The molecule has 1 heteroatoms. The molecule has 0 heterocycles. The van der Waals surface area contributed by atoms with Gasteiger partial charge in [0.15, 0.2) is 0 Å². The summed E-state index contributed by atoms with van der Waals surface area (Å²) in [5.41, 5.74) is 4.02. The van der Waals surface area contributed by atoms with Gasteiger partial charge >= 0.3 is 0 Å². The van der Waals surface area contributed by atoms with Gasteiger partial charge in [-0.05, 0) is 71.8 Å². The Bertz CT molecular complexity index is 795. The highest BCUT2D eigenvalue weighted by Gasteiger charge is 2.27. The number of hydrogen-bond donors (Lipinski definition) is 0. The zero-order chi connectivity index (χ0) is 23.5. The van der Waals surface area contributed by atoms with Gasteiger partial charge in [-0.3, -0.25) is 0 Å². The van der Waals surface area contributed by atoms with E-state index in [4.69, 9.17) is 4.74 Å². The molecule has 33 heavy (non-hydrogen) atoms. The van der Waals surface area contributed by atoms with E-state index < -0.39 is 0 Å². The molecule has 1 fully saturated rings. The highest BCUT2D eigenvalue weighted by molar-refractivity contribution is 5.64. The average Bonchev–Trinajstić information content (AvgIpc) is 2.87. The van der Waals surface area contributed by atoms with Gasteiger partial charge in [-0.1, -0.05) is 108 Å². The molecule has 1 aliphatic rings. The first-order chi connectivity index (χ1) is 16.1. The third-order valence-electron chi connectivity index (χ3n) is 7.85. The fourth-order valence-corrected chi connectivity index (χ4v) is 5.37. The fraction of sp³-hybridized carbons (Fsp3) is 0.562. The molecule has 0 aromatic heterocycles. The molecule has 2 aromatic carbocycles. The van der Waals surface area contributed by atoms with E-state index in [-0.39, 0.29) is 0 Å². The Morgan fingerprint density at radius 2 is 1.55 bits per heavy atom. The van der Waals surface area contributed by atoms with E-state index in [2.05, 4.69) is 82.0 Å². The largest absolute Gasteiger partial charge is 0.493 e. The Morgan fingerprint density at radius 3 is 2.12 bits per heavy atom. The van der Waals surface area contributed by atoms with Crippen LogP contribution in [0.15, 0.2) is 61.2 Å². The number of unbranched alkanes of at least 4 members (excludes halogenated alkanes) is 2. The predicted octanol–water partition coefficient (Wildman–Crippen LogP) is 9.82. The maximum atomic E-state index is 5.92. The Labute approximate surface area is 203 Å². The van der Waals surface area contributed by atoms with Crippen LogP contribution in [-0.2, 0) is 0 Å². The molecule has 0 bridgehead atoms. The van der Waals surface area contributed by atoms with Crippen LogP contribution in [0.1, 0.15) is 96.5 Å². The molecule has 0 aliphatic heterocycles. The number of benzene rings is 2. The maximum Gasteiger partial charge on any atom is 0.119 e. The summed E-state index contributed by atoms with van der Waals surface area (Å²) >= 11 is 0. The van der Waals surface area contributed by atoms with Crippen LogP contribution >= 0.6 is 0 Å². The molecule has 2 aromatic rings. The fourth-order valence-electron chi connectivity index (χ4n) is 5.37. The molecule has 0 N–H and O–H groups in total. The monoisotopic (exact) mass is 446 g/mol. The highest BCUT2D eigenvalue weighted by atomic mass is 16.5. The SMILES string of the molecule is C=CCC(c1ccc(-c2ccc(OCC(C)CC)cc2)cc1)[C@H]1CC[C@H](CCCCC)CC1. The second kappa shape index (κ2) is 13.6. The van der Waals surface area contributed by atoms with Gasteiger partial charge in [-0.2, -0.15) is 0 Å². The minimum Gasteiger partial charge on any atom is -0.493 e. The van der Waals surface area contributed by atoms with E-state index in [0.717, 1.165) is 37.0 Å². The molecule has 1 aliphatic carbocycles. The summed E-state index contributed by atoms with van der Waals surface area (Å²) in [4.78, 5) is 0. The average molecular weight is 447 g/mol. The summed E-state index contributed by atoms with van der Waals surface area (Å²) in [7, 11) is 0. The molecule has 1 nitrogen and oxygen atoms in total. The first kappa shape index (κ1) is 25.6. The lowest BCUT2D eigenvalue weighted by Gasteiger charge is -2.34. The first-order valence-corrected chi connectivity index (χ1v) is 13.6. The molecule has 1 saturated carbocycles. The Hall–Kier alpha value is -2.02. The van der Waals surface area contributed by atoms with Gasteiger partial charge in [0.2, 0.25) is 0 Å². The van der Waals surface area contributed by atoms with E-state index >= 15 is 0 Å². The van der Waals surface area contributed by atoms with Crippen molar-refractivity contribution in [1.29, 1.82) is 0 Å². The Balaban J connectivity index is 1.59. The van der Waals surface area contributed by atoms with Crippen molar-refractivity contribution in [2.45, 2.75) is 90.9 Å². The van der Waals surface area contributed by atoms with E-state index in [1.807, 2.05) is 0 Å². The van der Waals surface area contributed by atoms with Crippen LogP contribution in [0.4, 0.5) is 0 Å². The highest BCUT2D eigenvalue weighted by Crippen LogP contribution is 2.42. The second-order valence-electron chi connectivity index (χ2n) is 10.4. The van der Waals surface area contributed by atoms with E-state index in [0.29, 0.717) is 11.8 Å². The van der Waals surface area contributed by atoms with Crippen LogP contribution < -0.4 is 4.74 Å². The van der Waals surface area contributed by atoms with Crippen molar-refractivity contribution in [2.75, 3.05) is 6.61 Å². The van der Waals surface area contributed by atoms with Gasteiger partial charge < -0.3 is 4.74 Å². The molecule has 180 valence electrons. The van der Waals surface area contributed by atoms with Crippen molar-refractivity contribution in [2.24, 2.45) is 17.8 Å². The zero-order valence-corrected chi connectivity index (χ0v) is 21.4. The van der Waals surface area contributed by atoms with Crippen molar-refractivity contribution in [3.05, 3.63) is 66.7 Å². The topological polar surface area (TPSA) is 9.23 Å².